The van der Waals surface area contributed by atoms with E-state index in [4.69, 9.17) is 0 Å². The van der Waals surface area contributed by atoms with Crippen molar-refractivity contribution >= 4 is 10.8 Å². The van der Waals surface area contributed by atoms with Gasteiger partial charge in [-0.2, -0.15) is 0 Å². The fourth-order valence-corrected chi connectivity index (χ4v) is 1.91. The Balaban J connectivity index is 0.000000531. The van der Waals surface area contributed by atoms with Crippen molar-refractivity contribution in [3.63, 3.8) is 0 Å². The number of rotatable bonds is 1. The van der Waals surface area contributed by atoms with E-state index in [1.54, 1.807) is 0 Å². The highest BCUT2D eigenvalue weighted by molar-refractivity contribution is 5.88. The molecule has 0 aliphatic heterocycles. The van der Waals surface area contributed by atoms with Gasteiger partial charge in [-0.25, -0.2) is 0 Å². The molecule has 0 aliphatic rings. The lowest BCUT2D eigenvalue weighted by atomic mass is 9.99. The van der Waals surface area contributed by atoms with Crippen molar-refractivity contribution in [2.45, 2.75) is 34.1 Å². The van der Waals surface area contributed by atoms with Crippen molar-refractivity contribution in [1.82, 2.24) is 0 Å². The SMILES string of the molecule is CC.CCc1cccc2cccc(C)c12. The largest absolute Gasteiger partial charge is 0.0683 e. The van der Waals surface area contributed by atoms with E-state index in [2.05, 4.69) is 50.2 Å². The van der Waals surface area contributed by atoms with E-state index in [9.17, 15) is 0 Å². The summed E-state index contributed by atoms with van der Waals surface area (Å²) in [6.45, 7) is 8.39. The molecule has 2 aromatic carbocycles. The number of benzene rings is 2. The molecule has 0 heterocycles. The van der Waals surface area contributed by atoms with Crippen LogP contribution in [0, 0.1) is 6.92 Å². The number of hydrogen-bond acceptors (Lipinski definition) is 0. The van der Waals surface area contributed by atoms with Crippen molar-refractivity contribution in [1.29, 1.82) is 0 Å². The van der Waals surface area contributed by atoms with Gasteiger partial charge >= 0.3 is 0 Å². The Hall–Kier alpha value is -1.30. The molecule has 0 spiro atoms. The highest BCUT2D eigenvalue weighted by Crippen LogP contribution is 2.22. The first kappa shape index (κ1) is 11.8. The van der Waals surface area contributed by atoms with Crippen LogP contribution < -0.4 is 0 Å². The third-order valence-corrected chi connectivity index (χ3v) is 2.58. The minimum Gasteiger partial charge on any atom is -0.0683 e. The highest BCUT2D eigenvalue weighted by atomic mass is 14.0. The summed E-state index contributed by atoms with van der Waals surface area (Å²) in [6.07, 6.45) is 1.11. The Morgan fingerprint density at radius 3 is 2.13 bits per heavy atom. The summed E-state index contributed by atoms with van der Waals surface area (Å²) in [5.74, 6) is 0. The fraction of sp³-hybridized carbons (Fsp3) is 0.333. The predicted octanol–water partition coefficient (Wildman–Crippen LogP) is 4.74. The molecule has 0 bridgehead atoms. The Morgan fingerprint density at radius 2 is 1.53 bits per heavy atom. The topological polar surface area (TPSA) is 0 Å². The maximum atomic E-state index is 2.22. The minimum absolute atomic E-state index is 1.11. The van der Waals surface area contributed by atoms with Gasteiger partial charge in [-0.1, -0.05) is 57.2 Å². The van der Waals surface area contributed by atoms with Crippen LogP contribution in [0.2, 0.25) is 0 Å². The summed E-state index contributed by atoms with van der Waals surface area (Å²) in [7, 11) is 0. The van der Waals surface area contributed by atoms with Crippen molar-refractivity contribution in [3.8, 4) is 0 Å². The van der Waals surface area contributed by atoms with Crippen LogP contribution in [0.1, 0.15) is 31.9 Å². The first-order valence-electron chi connectivity index (χ1n) is 5.80. The first-order chi connectivity index (χ1) is 7.33. The van der Waals surface area contributed by atoms with Crippen LogP contribution >= 0.6 is 0 Å². The summed E-state index contributed by atoms with van der Waals surface area (Å²) >= 11 is 0. The standard InChI is InChI=1S/C13H14.C2H6/c1-3-11-7-5-9-12-8-4-6-10(2)13(11)12;1-2/h4-9H,3H2,1-2H3;1-2H3. The summed E-state index contributed by atoms with van der Waals surface area (Å²) in [4.78, 5) is 0. The number of fused-ring (bicyclic) bond motifs is 1. The van der Waals surface area contributed by atoms with E-state index in [-0.39, 0.29) is 0 Å². The molecule has 0 aliphatic carbocycles. The fourth-order valence-electron chi connectivity index (χ4n) is 1.91. The quantitative estimate of drug-likeness (QED) is 0.624. The van der Waals surface area contributed by atoms with Gasteiger partial charge in [-0.3, -0.25) is 0 Å². The summed E-state index contributed by atoms with van der Waals surface area (Å²) in [6, 6.07) is 13.0. The molecule has 80 valence electrons. The molecule has 0 saturated heterocycles. The second kappa shape index (κ2) is 5.55. The van der Waals surface area contributed by atoms with Crippen LogP contribution in [0.3, 0.4) is 0 Å². The van der Waals surface area contributed by atoms with E-state index in [1.165, 1.54) is 21.9 Å². The molecular formula is C15H20. The first-order valence-corrected chi connectivity index (χ1v) is 5.80. The highest BCUT2D eigenvalue weighted by Gasteiger charge is 2.00. The molecule has 0 radical (unpaired) electrons. The zero-order chi connectivity index (χ0) is 11.3. The van der Waals surface area contributed by atoms with Crippen molar-refractivity contribution in [3.05, 3.63) is 47.5 Å². The second-order valence-electron chi connectivity index (χ2n) is 3.44. The molecule has 0 amide bonds. The lowest BCUT2D eigenvalue weighted by Gasteiger charge is -2.06. The zero-order valence-corrected chi connectivity index (χ0v) is 10.2. The van der Waals surface area contributed by atoms with Crippen LogP contribution in [0.5, 0.6) is 0 Å². The molecule has 0 fully saturated rings. The van der Waals surface area contributed by atoms with Gasteiger partial charge in [0, 0.05) is 0 Å². The van der Waals surface area contributed by atoms with Crippen molar-refractivity contribution < 1.29 is 0 Å². The molecule has 0 heteroatoms. The molecule has 0 saturated carbocycles. The van der Waals surface area contributed by atoms with Gasteiger partial charge in [-0.15, -0.1) is 0 Å². The molecule has 0 aromatic heterocycles. The molecular weight excluding hydrogens is 180 g/mol. The van der Waals surface area contributed by atoms with Gasteiger partial charge in [0.15, 0.2) is 0 Å². The van der Waals surface area contributed by atoms with Crippen molar-refractivity contribution in [2.75, 3.05) is 0 Å². The smallest absolute Gasteiger partial charge is 0.0123 e. The third-order valence-electron chi connectivity index (χ3n) is 2.58. The van der Waals surface area contributed by atoms with Crippen LogP contribution in [0.4, 0.5) is 0 Å². The lowest BCUT2D eigenvalue weighted by molar-refractivity contribution is 1.16. The molecule has 0 N–H and O–H groups in total. The van der Waals surface area contributed by atoms with Crippen LogP contribution in [-0.4, -0.2) is 0 Å². The van der Waals surface area contributed by atoms with Gasteiger partial charge in [0.05, 0.1) is 0 Å². The molecule has 0 unspecified atom stereocenters. The van der Waals surface area contributed by atoms with E-state index >= 15 is 0 Å². The average Bonchev–Trinajstić information content (AvgIpc) is 2.31. The Morgan fingerprint density at radius 1 is 0.933 bits per heavy atom. The van der Waals surface area contributed by atoms with Gasteiger partial charge in [0.25, 0.3) is 0 Å². The van der Waals surface area contributed by atoms with E-state index in [0.29, 0.717) is 0 Å². The second-order valence-corrected chi connectivity index (χ2v) is 3.44. The van der Waals surface area contributed by atoms with E-state index in [0.717, 1.165) is 6.42 Å². The van der Waals surface area contributed by atoms with Gasteiger partial charge in [0.1, 0.15) is 0 Å². The van der Waals surface area contributed by atoms with Crippen molar-refractivity contribution in [2.24, 2.45) is 0 Å². The minimum atomic E-state index is 1.11. The van der Waals surface area contributed by atoms with Crippen LogP contribution in [-0.2, 0) is 6.42 Å². The van der Waals surface area contributed by atoms with E-state index in [1.807, 2.05) is 13.8 Å². The average molecular weight is 200 g/mol. The van der Waals surface area contributed by atoms with Gasteiger partial charge in [0.2, 0.25) is 0 Å². The zero-order valence-electron chi connectivity index (χ0n) is 10.2. The number of aryl methyl sites for hydroxylation is 2. The van der Waals surface area contributed by atoms with Gasteiger partial charge < -0.3 is 0 Å². The summed E-state index contributed by atoms with van der Waals surface area (Å²) in [5.41, 5.74) is 2.84. The lowest BCUT2D eigenvalue weighted by Crippen LogP contribution is -1.85. The van der Waals surface area contributed by atoms with Crippen LogP contribution in [0.25, 0.3) is 10.8 Å². The summed E-state index contributed by atoms with van der Waals surface area (Å²) < 4.78 is 0. The monoisotopic (exact) mass is 200 g/mol. The maximum absolute atomic E-state index is 2.22. The summed E-state index contributed by atoms with van der Waals surface area (Å²) in [5, 5.41) is 2.80. The Labute approximate surface area is 92.9 Å². The predicted molar refractivity (Wildman–Crippen MR) is 69.4 cm³/mol. The maximum Gasteiger partial charge on any atom is -0.0123 e. The van der Waals surface area contributed by atoms with E-state index < -0.39 is 0 Å². The molecule has 0 nitrogen and oxygen atoms in total. The van der Waals surface area contributed by atoms with Crippen LogP contribution in [0.15, 0.2) is 36.4 Å². The third kappa shape index (κ3) is 2.38. The molecule has 15 heavy (non-hydrogen) atoms. The molecule has 2 rings (SSSR count). The Bertz CT molecular complexity index is 422. The molecule has 2 aromatic rings. The number of hydrogen-bond donors (Lipinski definition) is 0. The normalized spacial score (nSPS) is 9.60. The Kier molecular flexibility index (Phi) is 4.36. The molecule has 0 atom stereocenters. The van der Waals surface area contributed by atoms with Gasteiger partial charge in [-0.05, 0) is 35.2 Å².